The van der Waals surface area contributed by atoms with Crippen LogP contribution in [0.4, 0.5) is 5.69 Å². The summed E-state index contributed by atoms with van der Waals surface area (Å²) in [4.78, 5) is 12.8. The van der Waals surface area contributed by atoms with Crippen LogP contribution in [0, 0.1) is 0 Å². The van der Waals surface area contributed by atoms with Crippen molar-refractivity contribution in [3.63, 3.8) is 0 Å². The summed E-state index contributed by atoms with van der Waals surface area (Å²) in [6.45, 7) is 8.66. The highest BCUT2D eigenvalue weighted by atomic mass is 32.2. The molecule has 0 unspecified atom stereocenters. The number of carbonyl (C=O) groups is 1. The maximum absolute atomic E-state index is 12.8. The van der Waals surface area contributed by atoms with Gasteiger partial charge in [0.25, 0.3) is 0 Å². The molecule has 1 amide bonds. The number of rotatable bonds is 8. The molecule has 0 aliphatic rings. The second-order valence-corrected chi connectivity index (χ2v) is 10.5. The fourth-order valence-corrected chi connectivity index (χ4v) is 4.65. The van der Waals surface area contributed by atoms with E-state index in [4.69, 9.17) is 4.74 Å². The molecule has 0 aliphatic carbocycles. The second kappa shape index (κ2) is 11.0. The Morgan fingerprint density at radius 1 is 0.972 bits per heavy atom. The van der Waals surface area contributed by atoms with Crippen molar-refractivity contribution in [3.05, 3.63) is 83.9 Å². The Morgan fingerprint density at radius 3 is 2.31 bits per heavy atom. The molecule has 1 heterocycles. The SMILES string of the molecule is CCc1ccccc1NC(=O)CSc1nnc(-c2ccc(C(C)(C)C)cc2)n1-c1ccc(OC)cc1. The molecule has 4 rings (SSSR count). The molecule has 186 valence electrons. The molecule has 3 aromatic carbocycles. The fraction of sp³-hybridized carbons (Fsp3) is 0.276. The van der Waals surface area contributed by atoms with Gasteiger partial charge in [0.05, 0.1) is 12.9 Å². The van der Waals surface area contributed by atoms with E-state index < -0.39 is 0 Å². The molecule has 4 aromatic rings. The van der Waals surface area contributed by atoms with Gasteiger partial charge < -0.3 is 10.1 Å². The van der Waals surface area contributed by atoms with Gasteiger partial charge in [-0.05, 0) is 53.3 Å². The zero-order valence-corrected chi connectivity index (χ0v) is 22.2. The number of aromatic nitrogens is 3. The zero-order chi connectivity index (χ0) is 25.7. The van der Waals surface area contributed by atoms with Gasteiger partial charge >= 0.3 is 0 Å². The third-order valence-corrected chi connectivity index (χ3v) is 6.91. The van der Waals surface area contributed by atoms with Crippen LogP contribution in [-0.2, 0) is 16.6 Å². The molecule has 0 fully saturated rings. The van der Waals surface area contributed by atoms with Crippen molar-refractivity contribution in [2.24, 2.45) is 0 Å². The minimum atomic E-state index is -0.0822. The van der Waals surface area contributed by atoms with E-state index in [1.54, 1.807) is 7.11 Å². The topological polar surface area (TPSA) is 69.0 Å². The lowest BCUT2D eigenvalue weighted by Gasteiger charge is -2.19. The fourth-order valence-electron chi connectivity index (χ4n) is 3.90. The van der Waals surface area contributed by atoms with Crippen molar-refractivity contribution in [1.29, 1.82) is 0 Å². The van der Waals surface area contributed by atoms with Crippen LogP contribution in [0.25, 0.3) is 17.1 Å². The number of hydrogen-bond acceptors (Lipinski definition) is 5. The Balaban J connectivity index is 1.62. The molecular weight excluding hydrogens is 468 g/mol. The lowest BCUT2D eigenvalue weighted by atomic mass is 9.87. The molecule has 6 nitrogen and oxygen atoms in total. The van der Waals surface area contributed by atoms with Gasteiger partial charge in [0, 0.05) is 16.9 Å². The smallest absolute Gasteiger partial charge is 0.234 e. The molecule has 0 bridgehead atoms. The Labute approximate surface area is 217 Å². The van der Waals surface area contributed by atoms with E-state index in [1.807, 2.05) is 53.1 Å². The van der Waals surface area contributed by atoms with E-state index >= 15 is 0 Å². The van der Waals surface area contributed by atoms with E-state index in [-0.39, 0.29) is 17.1 Å². The lowest BCUT2D eigenvalue weighted by molar-refractivity contribution is -0.113. The third-order valence-electron chi connectivity index (χ3n) is 5.98. The number of ether oxygens (including phenoxy) is 1. The van der Waals surface area contributed by atoms with Crippen molar-refractivity contribution in [3.8, 4) is 22.8 Å². The van der Waals surface area contributed by atoms with Crippen LogP contribution in [0.3, 0.4) is 0 Å². The maximum atomic E-state index is 12.8. The second-order valence-electron chi connectivity index (χ2n) is 9.51. The van der Waals surface area contributed by atoms with Crippen LogP contribution in [0.1, 0.15) is 38.8 Å². The van der Waals surface area contributed by atoms with Gasteiger partial charge in [-0.3, -0.25) is 9.36 Å². The average Bonchev–Trinajstić information content (AvgIpc) is 3.31. The summed E-state index contributed by atoms with van der Waals surface area (Å²) >= 11 is 1.36. The number of hydrogen-bond donors (Lipinski definition) is 1. The summed E-state index contributed by atoms with van der Waals surface area (Å²) in [5.74, 6) is 1.63. The number of nitrogens with one attached hydrogen (secondary N) is 1. The zero-order valence-electron chi connectivity index (χ0n) is 21.4. The summed E-state index contributed by atoms with van der Waals surface area (Å²) in [5.41, 5.74) is 5.13. The van der Waals surface area contributed by atoms with Gasteiger partial charge in [-0.2, -0.15) is 0 Å². The van der Waals surface area contributed by atoms with E-state index in [0.29, 0.717) is 5.16 Å². The van der Waals surface area contributed by atoms with Crippen molar-refractivity contribution in [2.45, 2.75) is 44.7 Å². The van der Waals surface area contributed by atoms with Gasteiger partial charge in [-0.1, -0.05) is 81.9 Å². The largest absolute Gasteiger partial charge is 0.497 e. The number of carbonyl (C=O) groups excluding carboxylic acids is 1. The quantitative estimate of drug-likeness (QED) is 0.278. The van der Waals surface area contributed by atoms with Gasteiger partial charge in [-0.15, -0.1) is 10.2 Å². The molecule has 7 heteroatoms. The van der Waals surface area contributed by atoms with Gasteiger partial charge in [-0.25, -0.2) is 0 Å². The van der Waals surface area contributed by atoms with E-state index in [9.17, 15) is 4.79 Å². The Kier molecular flexibility index (Phi) is 7.79. The van der Waals surface area contributed by atoms with Gasteiger partial charge in [0.1, 0.15) is 5.75 Å². The highest BCUT2D eigenvalue weighted by Crippen LogP contribution is 2.31. The predicted molar refractivity (Wildman–Crippen MR) is 147 cm³/mol. The summed E-state index contributed by atoms with van der Waals surface area (Å²) in [6.07, 6.45) is 0.854. The van der Waals surface area contributed by atoms with Crippen LogP contribution < -0.4 is 10.1 Å². The van der Waals surface area contributed by atoms with Crippen molar-refractivity contribution >= 4 is 23.4 Å². The molecule has 0 atom stereocenters. The van der Waals surface area contributed by atoms with E-state index in [2.05, 4.69) is 67.5 Å². The first-order valence-corrected chi connectivity index (χ1v) is 13.0. The summed E-state index contributed by atoms with van der Waals surface area (Å²) in [6, 6.07) is 24.0. The number of methoxy groups -OCH3 is 1. The minimum Gasteiger partial charge on any atom is -0.497 e. The number of anilines is 1. The number of para-hydroxylation sites is 1. The van der Waals surface area contributed by atoms with Crippen LogP contribution in [0.15, 0.2) is 78.0 Å². The lowest BCUT2D eigenvalue weighted by Crippen LogP contribution is -2.15. The Bertz CT molecular complexity index is 1320. The monoisotopic (exact) mass is 500 g/mol. The van der Waals surface area contributed by atoms with Gasteiger partial charge in [0.2, 0.25) is 5.91 Å². The minimum absolute atomic E-state index is 0.0625. The number of nitrogens with zero attached hydrogens (tertiary/aromatic N) is 3. The number of benzene rings is 3. The highest BCUT2D eigenvalue weighted by molar-refractivity contribution is 7.99. The Morgan fingerprint density at radius 2 is 1.67 bits per heavy atom. The molecule has 0 aliphatic heterocycles. The van der Waals surface area contributed by atoms with E-state index in [0.717, 1.165) is 40.5 Å². The summed E-state index contributed by atoms with van der Waals surface area (Å²) in [5, 5.41) is 12.7. The van der Waals surface area contributed by atoms with Crippen molar-refractivity contribution < 1.29 is 9.53 Å². The molecule has 0 saturated carbocycles. The van der Waals surface area contributed by atoms with Crippen molar-refractivity contribution in [1.82, 2.24) is 14.8 Å². The summed E-state index contributed by atoms with van der Waals surface area (Å²) in [7, 11) is 1.65. The first kappa shape index (κ1) is 25.5. The normalized spacial score (nSPS) is 11.4. The van der Waals surface area contributed by atoms with Crippen LogP contribution in [0.2, 0.25) is 0 Å². The number of aryl methyl sites for hydroxylation is 1. The molecule has 1 aromatic heterocycles. The molecule has 36 heavy (non-hydrogen) atoms. The predicted octanol–water partition coefficient (Wildman–Crippen LogP) is 6.53. The highest BCUT2D eigenvalue weighted by Gasteiger charge is 2.19. The third kappa shape index (κ3) is 5.79. The van der Waals surface area contributed by atoms with Crippen LogP contribution in [-0.4, -0.2) is 33.5 Å². The Hall–Kier alpha value is -3.58. The standard InChI is InChI=1S/C29H32N4O2S/c1-6-20-9-7-8-10-25(20)30-26(34)19-36-28-32-31-27(21-11-13-22(14-12-21)29(2,3)4)33(28)23-15-17-24(35-5)18-16-23/h7-18H,6,19H2,1-5H3,(H,30,34). The number of amides is 1. The van der Waals surface area contributed by atoms with Crippen LogP contribution >= 0.6 is 11.8 Å². The molecule has 0 spiro atoms. The molecule has 0 saturated heterocycles. The molecular formula is C29H32N4O2S. The molecule has 0 radical (unpaired) electrons. The molecule has 1 N–H and O–H groups in total. The van der Waals surface area contributed by atoms with E-state index in [1.165, 1.54) is 17.3 Å². The van der Waals surface area contributed by atoms with Crippen LogP contribution in [0.5, 0.6) is 5.75 Å². The van der Waals surface area contributed by atoms with Gasteiger partial charge in [0.15, 0.2) is 11.0 Å². The first-order valence-electron chi connectivity index (χ1n) is 12.0. The summed E-state index contributed by atoms with van der Waals surface area (Å²) < 4.78 is 7.32. The maximum Gasteiger partial charge on any atom is 0.234 e. The average molecular weight is 501 g/mol. The number of thioether (sulfide) groups is 1. The first-order chi connectivity index (χ1) is 17.3. The van der Waals surface area contributed by atoms with Crippen molar-refractivity contribution in [2.75, 3.05) is 18.2 Å².